The zero-order valence-corrected chi connectivity index (χ0v) is 19.7. The quantitative estimate of drug-likeness (QED) is 0.522. The van der Waals surface area contributed by atoms with Gasteiger partial charge in [-0.3, -0.25) is 9.59 Å². The van der Waals surface area contributed by atoms with Gasteiger partial charge in [0.2, 0.25) is 5.91 Å². The standard InChI is InChI=1S/C27H30N2O2S/c1-27(2,3)19-14-15-20-21(16-19)32-26(23(20)24(28)30)29-25(31)22(17-10-6-4-7-11-17)18-12-8-5-9-13-18/h4-13,19,22H,14-16H2,1-3H3,(H2,28,30)(H,29,31)/t19-/m1/s1. The Labute approximate surface area is 193 Å². The highest BCUT2D eigenvalue weighted by Gasteiger charge is 2.34. The van der Waals surface area contributed by atoms with Crippen LogP contribution in [-0.2, 0) is 17.6 Å². The molecule has 2 aromatic carbocycles. The summed E-state index contributed by atoms with van der Waals surface area (Å²) in [6.07, 6.45) is 2.76. The van der Waals surface area contributed by atoms with Gasteiger partial charge >= 0.3 is 0 Å². The monoisotopic (exact) mass is 446 g/mol. The Bertz CT molecular complexity index is 1070. The van der Waals surface area contributed by atoms with Gasteiger partial charge in [-0.15, -0.1) is 11.3 Å². The molecule has 2 amide bonds. The molecule has 32 heavy (non-hydrogen) atoms. The van der Waals surface area contributed by atoms with Gasteiger partial charge in [0, 0.05) is 4.88 Å². The molecule has 3 N–H and O–H groups in total. The molecule has 0 spiro atoms. The number of nitrogens with two attached hydrogens (primary N) is 1. The zero-order valence-electron chi connectivity index (χ0n) is 18.9. The fourth-order valence-corrected chi connectivity index (χ4v) is 5.98. The molecule has 0 fully saturated rings. The third-order valence-electron chi connectivity index (χ3n) is 6.50. The van der Waals surface area contributed by atoms with Crippen molar-refractivity contribution in [3.05, 3.63) is 87.8 Å². The van der Waals surface area contributed by atoms with Crippen molar-refractivity contribution in [1.29, 1.82) is 0 Å². The van der Waals surface area contributed by atoms with Crippen LogP contribution < -0.4 is 11.1 Å². The molecule has 3 aromatic rings. The van der Waals surface area contributed by atoms with E-state index in [1.807, 2.05) is 60.7 Å². The summed E-state index contributed by atoms with van der Waals surface area (Å²) in [6, 6.07) is 19.4. The number of hydrogen-bond acceptors (Lipinski definition) is 3. The lowest BCUT2D eigenvalue weighted by Gasteiger charge is -2.33. The number of carbonyl (C=O) groups is 2. The lowest BCUT2D eigenvalue weighted by atomic mass is 9.72. The summed E-state index contributed by atoms with van der Waals surface area (Å²) in [5.74, 6) is -0.558. The maximum Gasteiger partial charge on any atom is 0.251 e. The van der Waals surface area contributed by atoms with Crippen LogP contribution in [0.3, 0.4) is 0 Å². The number of benzene rings is 2. The highest BCUT2D eigenvalue weighted by atomic mass is 32.1. The average molecular weight is 447 g/mol. The summed E-state index contributed by atoms with van der Waals surface area (Å²) in [4.78, 5) is 27.1. The summed E-state index contributed by atoms with van der Waals surface area (Å²) in [5.41, 5.74) is 9.32. The summed E-state index contributed by atoms with van der Waals surface area (Å²) in [5, 5.41) is 3.66. The first-order valence-corrected chi connectivity index (χ1v) is 11.9. The van der Waals surface area contributed by atoms with Gasteiger partial charge in [0.1, 0.15) is 5.00 Å². The molecule has 1 aliphatic rings. The van der Waals surface area contributed by atoms with Gasteiger partial charge in [-0.05, 0) is 47.3 Å². The molecule has 0 bridgehead atoms. The van der Waals surface area contributed by atoms with E-state index in [0.29, 0.717) is 16.5 Å². The van der Waals surface area contributed by atoms with Gasteiger partial charge < -0.3 is 11.1 Å². The normalized spacial score (nSPS) is 15.9. The topological polar surface area (TPSA) is 72.2 Å². The molecular weight excluding hydrogens is 416 g/mol. The molecule has 5 heteroatoms. The minimum atomic E-state index is -0.473. The maximum atomic E-state index is 13.6. The minimum absolute atomic E-state index is 0.157. The molecule has 1 atom stereocenters. The van der Waals surface area contributed by atoms with Crippen LogP contribution in [0.1, 0.15) is 65.0 Å². The van der Waals surface area contributed by atoms with E-state index in [-0.39, 0.29) is 11.3 Å². The van der Waals surface area contributed by atoms with Crippen LogP contribution in [-0.4, -0.2) is 11.8 Å². The van der Waals surface area contributed by atoms with Gasteiger partial charge in [0.05, 0.1) is 11.5 Å². The Balaban J connectivity index is 1.69. The van der Waals surface area contributed by atoms with E-state index in [0.717, 1.165) is 36.0 Å². The second-order valence-corrected chi connectivity index (χ2v) is 10.7. The van der Waals surface area contributed by atoms with E-state index < -0.39 is 11.8 Å². The molecule has 4 rings (SSSR count). The number of nitrogens with one attached hydrogen (secondary N) is 1. The lowest BCUT2D eigenvalue weighted by molar-refractivity contribution is -0.116. The van der Waals surface area contributed by atoms with Crippen molar-refractivity contribution in [1.82, 2.24) is 0 Å². The third-order valence-corrected chi connectivity index (χ3v) is 7.67. The second-order valence-electron chi connectivity index (χ2n) is 9.62. The van der Waals surface area contributed by atoms with E-state index in [1.54, 1.807) is 0 Å². The molecule has 0 saturated carbocycles. The van der Waals surface area contributed by atoms with Crippen LogP contribution in [0, 0.1) is 11.3 Å². The van der Waals surface area contributed by atoms with Crippen LogP contribution in [0.15, 0.2) is 60.7 Å². The second kappa shape index (κ2) is 8.91. The number of carbonyl (C=O) groups excluding carboxylic acids is 2. The van der Waals surface area contributed by atoms with Crippen molar-refractivity contribution in [3.63, 3.8) is 0 Å². The Morgan fingerprint density at radius 2 is 1.56 bits per heavy atom. The van der Waals surface area contributed by atoms with Gasteiger partial charge in [0.15, 0.2) is 0 Å². The van der Waals surface area contributed by atoms with Crippen molar-refractivity contribution >= 4 is 28.2 Å². The Hall–Kier alpha value is -2.92. The van der Waals surface area contributed by atoms with Crippen LogP contribution in [0.4, 0.5) is 5.00 Å². The number of thiophene rings is 1. The molecule has 1 aromatic heterocycles. The average Bonchev–Trinajstić information content (AvgIpc) is 3.12. The van der Waals surface area contributed by atoms with Gasteiger partial charge in [0.25, 0.3) is 5.91 Å². The molecule has 0 unspecified atom stereocenters. The Morgan fingerprint density at radius 1 is 1.00 bits per heavy atom. The smallest absolute Gasteiger partial charge is 0.251 e. The van der Waals surface area contributed by atoms with Crippen molar-refractivity contribution in [2.75, 3.05) is 5.32 Å². The van der Waals surface area contributed by atoms with Crippen molar-refractivity contribution < 1.29 is 9.59 Å². The predicted molar refractivity (Wildman–Crippen MR) is 131 cm³/mol. The highest BCUT2D eigenvalue weighted by molar-refractivity contribution is 7.17. The van der Waals surface area contributed by atoms with Crippen LogP contribution in [0.25, 0.3) is 0 Å². The fraction of sp³-hybridized carbons (Fsp3) is 0.333. The number of fused-ring (bicyclic) bond motifs is 1. The van der Waals surface area contributed by atoms with Crippen LogP contribution in [0.5, 0.6) is 0 Å². The number of hydrogen-bond donors (Lipinski definition) is 2. The first-order chi connectivity index (χ1) is 15.3. The number of rotatable bonds is 5. The zero-order chi connectivity index (χ0) is 22.9. The van der Waals surface area contributed by atoms with E-state index in [9.17, 15) is 9.59 Å². The van der Waals surface area contributed by atoms with Crippen molar-refractivity contribution in [2.24, 2.45) is 17.1 Å². The highest BCUT2D eigenvalue weighted by Crippen LogP contribution is 2.44. The largest absolute Gasteiger partial charge is 0.365 e. The fourth-order valence-electron chi connectivity index (χ4n) is 4.64. The Kier molecular flexibility index (Phi) is 6.20. The van der Waals surface area contributed by atoms with Crippen molar-refractivity contribution in [2.45, 2.75) is 46.0 Å². The molecule has 0 saturated heterocycles. The van der Waals surface area contributed by atoms with Crippen molar-refractivity contribution in [3.8, 4) is 0 Å². The molecular formula is C27H30N2O2S. The number of primary amides is 1. The molecule has 1 aliphatic carbocycles. The number of amides is 2. The van der Waals surface area contributed by atoms with Gasteiger partial charge in [-0.2, -0.15) is 0 Å². The summed E-state index contributed by atoms with van der Waals surface area (Å²) < 4.78 is 0. The van der Waals surface area contributed by atoms with Crippen LogP contribution in [0.2, 0.25) is 0 Å². The summed E-state index contributed by atoms with van der Waals surface area (Å²) >= 11 is 1.51. The van der Waals surface area contributed by atoms with E-state index in [1.165, 1.54) is 16.2 Å². The number of anilines is 1. The van der Waals surface area contributed by atoms with E-state index in [4.69, 9.17) is 5.73 Å². The first-order valence-electron chi connectivity index (χ1n) is 11.1. The minimum Gasteiger partial charge on any atom is -0.365 e. The van der Waals surface area contributed by atoms with Gasteiger partial charge in [-0.25, -0.2) is 0 Å². The molecule has 0 radical (unpaired) electrons. The summed E-state index contributed by atoms with van der Waals surface area (Å²) in [6.45, 7) is 6.79. The molecule has 166 valence electrons. The maximum absolute atomic E-state index is 13.6. The van der Waals surface area contributed by atoms with Crippen LogP contribution >= 0.6 is 11.3 Å². The third kappa shape index (κ3) is 4.49. The molecule has 1 heterocycles. The molecule has 4 nitrogen and oxygen atoms in total. The summed E-state index contributed by atoms with van der Waals surface area (Å²) in [7, 11) is 0. The SMILES string of the molecule is CC(C)(C)[C@@H]1CCc2c(sc(NC(=O)C(c3ccccc3)c3ccccc3)c2C(N)=O)C1. The predicted octanol–water partition coefficient (Wildman–Crippen LogP) is 5.77. The van der Waals surface area contributed by atoms with Gasteiger partial charge in [-0.1, -0.05) is 81.4 Å². The van der Waals surface area contributed by atoms with E-state index >= 15 is 0 Å². The van der Waals surface area contributed by atoms with E-state index in [2.05, 4.69) is 26.1 Å². The first kappa shape index (κ1) is 22.3. The molecule has 0 aliphatic heterocycles. The Morgan fingerprint density at radius 3 is 2.06 bits per heavy atom. The lowest BCUT2D eigenvalue weighted by Crippen LogP contribution is -2.27.